The lowest BCUT2D eigenvalue weighted by atomic mass is 10.1. The summed E-state index contributed by atoms with van der Waals surface area (Å²) in [5.41, 5.74) is 4.72. The maximum absolute atomic E-state index is 5.49. The van der Waals surface area contributed by atoms with Crippen LogP contribution >= 0.6 is 0 Å². The van der Waals surface area contributed by atoms with Crippen molar-refractivity contribution in [3.63, 3.8) is 0 Å². The normalized spacial score (nSPS) is 16.7. The summed E-state index contributed by atoms with van der Waals surface area (Å²) in [6.45, 7) is 5.54. The molecule has 1 aliphatic heterocycles. The quantitative estimate of drug-likeness (QED) is 0.596. The lowest BCUT2D eigenvalue weighted by molar-refractivity contribution is 0.109. The van der Waals surface area contributed by atoms with Crippen LogP contribution in [0.25, 0.3) is 0 Å². The van der Waals surface area contributed by atoms with E-state index in [1.165, 1.54) is 0 Å². The number of nitrogens with one attached hydrogen (secondary N) is 1. The van der Waals surface area contributed by atoms with Crippen LogP contribution in [0.3, 0.4) is 0 Å². The van der Waals surface area contributed by atoms with Gasteiger partial charge in [-0.25, -0.2) is 15.8 Å². The lowest BCUT2D eigenvalue weighted by Gasteiger charge is -2.20. The summed E-state index contributed by atoms with van der Waals surface area (Å²) in [4.78, 5) is 9.05. The number of aromatic nitrogens is 2. The molecule has 1 atom stereocenters. The number of nitrogens with zero attached hydrogens (tertiary/aromatic N) is 2. The van der Waals surface area contributed by atoms with Crippen LogP contribution < -0.4 is 11.3 Å². The third kappa shape index (κ3) is 2.01. The highest BCUT2D eigenvalue weighted by molar-refractivity contribution is 5.46. The molecule has 5 nitrogen and oxygen atoms in total. The Kier molecular flexibility index (Phi) is 3.36. The first-order valence-corrected chi connectivity index (χ1v) is 5.70. The Morgan fingerprint density at radius 3 is 3.00 bits per heavy atom. The number of ether oxygens (including phenoxy) is 1. The first kappa shape index (κ1) is 11.3. The maximum atomic E-state index is 5.49. The van der Waals surface area contributed by atoms with E-state index in [9.17, 15) is 0 Å². The van der Waals surface area contributed by atoms with Crippen molar-refractivity contribution in [2.75, 3.05) is 12.0 Å². The van der Waals surface area contributed by atoms with Gasteiger partial charge in [0, 0.05) is 17.9 Å². The third-order valence-corrected chi connectivity index (χ3v) is 3.03. The van der Waals surface area contributed by atoms with Crippen LogP contribution in [0.2, 0.25) is 0 Å². The highest BCUT2D eigenvalue weighted by atomic mass is 16.5. The van der Waals surface area contributed by atoms with Gasteiger partial charge in [-0.3, -0.25) is 0 Å². The molecule has 0 aromatic carbocycles. The zero-order chi connectivity index (χ0) is 11.5. The highest BCUT2D eigenvalue weighted by Crippen LogP contribution is 2.24. The summed E-state index contributed by atoms with van der Waals surface area (Å²) in [5, 5.41) is 0. The molecule has 0 bridgehead atoms. The summed E-state index contributed by atoms with van der Waals surface area (Å²) in [5.74, 6) is 7.43. The number of hydrazine groups is 1. The minimum absolute atomic E-state index is 0.361. The van der Waals surface area contributed by atoms with Gasteiger partial charge in [0.15, 0.2) is 0 Å². The Morgan fingerprint density at radius 2 is 2.31 bits per heavy atom. The van der Waals surface area contributed by atoms with Gasteiger partial charge in [0.1, 0.15) is 11.6 Å². The monoisotopic (exact) mass is 222 g/mol. The van der Waals surface area contributed by atoms with Crippen molar-refractivity contribution in [3.8, 4) is 0 Å². The molecule has 2 rings (SSSR count). The van der Waals surface area contributed by atoms with E-state index in [0.29, 0.717) is 18.3 Å². The molecule has 0 aliphatic carbocycles. The predicted octanol–water partition coefficient (Wildman–Crippen LogP) is 1.35. The van der Waals surface area contributed by atoms with Gasteiger partial charge in [-0.05, 0) is 6.42 Å². The van der Waals surface area contributed by atoms with E-state index in [-0.39, 0.29) is 0 Å². The van der Waals surface area contributed by atoms with Crippen LogP contribution in [-0.4, -0.2) is 16.6 Å². The average Bonchev–Trinajstić information content (AvgIpc) is 2.36. The summed E-state index contributed by atoms with van der Waals surface area (Å²) in [6.07, 6.45) is 1.87. The molecule has 3 N–H and O–H groups in total. The zero-order valence-electron chi connectivity index (χ0n) is 9.79. The van der Waals surface area contributed by atoms with E-state index in [2.05, 4.69) is 29.2 Å². The zero-order valence-corrected chi connectivity index (χ0v) is 9.79. The van der Waals surface area contributed by atoms with Crippen molar-refractivity contribution < 1.29 is 4.74 Å². The van der Waals surface area contributed by atoms with Crippen molar-refractivity contribution >= 4 is 5.82 Å². The average molecular weight is 222 g/mol. The van der Waals surface area contributed by atoms with E-state index in [1.807, 2.05) is 0 Å². The molecule has 16 heavy (non-hydrogen) atoms. The Labute approximate surface area is 95.4 Å². The van der Waals surface area contributed by atoms with Gasteiger partial charge in [-0.2, -0.15) is 0 Å². The first-order valence-electron chi connectivity index (χ1n) is 5.70. The van der Waals surface area contributed by atoms with Crippen LogP contribution in [-0.2, 0) is 17.8 Å². The van der Waals surface area contributed by atoms with Crippen molar-refractivity contribution in [1.82, 2.24) is 9.97 Å². The second-order valence-corrected chi connectivity index (χ2v) is 4.11. The van der Waals surface area contributed by atoms with Gasteiger partial charge in [-0.15, -0.1) is 0 Å². The molecule has 1 unspecified atom stereocenters. The third-order valence-electron chi connectivity index (χ3n) is 3.03. The fraction of sp³-hybridized carbons (Fsp3) is 0.636. The number of hydrogen-bond acceptors (Lipinski definition) is 5. The number of nitrogen functional groups attached to an aromatic ring is 1. The number of fused-ring (bicyclic) bond motifs is 1. The largest absolute Gasteiger partial charge is 0.376 e. The Hall–Kier alpha value is -1.20. The minimum Gasteiger partial charge on any atom is -0.376 e. The van der Waals surface area contributed by atoms with Crippen molar-refractivity contribution in [2.24, 2.45) is 5.84 Å². The summed E-state index contributed by atoms with van der Waals surface area (Å²) >= 11 is 0. The van der Waals surface area contributed by atoms with Gasteiger partial charge in [-0.1, -0.05) is 13.8 Å². The molecule has 2 heterocycles. The van der Waals surface area contributed by atoms with Crippen LogP contribution in [0.15, 0.2) is 0 Å². The van der Waals surface area contributed by atoms with Crippen LogP contribution in [0.4, 0.5) is 5.82 Å². The molecule has 0 saturated carbocycles. The SMILES string of the molecule is CCC(C)c1nc2c(c(NN)n1)COCC2. The molecule has 0 radical (unpaired) electrons. The number of anilines is 1. The lowest BCUT2D eigenvalue weighted by Crippen LogP contribution is -2.21. The van der Waals surface area contributed by atoms with E-state index in [1.54, 1.807) is 0 Å². The molecule has 88 valence electrons. The summed E-state index contributed by atoms with van der Waals surface area (Å²) in [6, 6.07) is 0. The predicted molar refractivity (Wildman–Crippen MR) is 61.9 cm³/mol. The smallest absolute Gasteiger partial charge is 0.149 e. The summed E-state index contributed by atoms with van der Waals surface area (Å²) in [7, 11) is 0. The molecule has 0 spiro atoms. The van der Waals surface area contributed by atoms with Crippen LogP contribution in [0.5, 0.6) is 0 Å². The molecular formula is C11H18N4O. The minimum atomic E-state index is 0.361. The molecule has 0 saturated heterocycles. The molecular weight excluding hydrogens is 204 g/mol. The van der Waals surface area contributed by atoms with E-state index in [4.69, 9.17) is 10.6 Å². The fourth-order valence-electron chi connectivity index (χ4n) is 1.77. The van der Waals surface area contributed by atoms with Gasteiger partial charge < -0.3 is 10.2 Å². The van der Waals surface area contributed by atoms with Crippen LogP contribution in [0.1, 0.15) is 43.3 Å². The van der Waals surface area contributed by atoms with Gasteiger partial charge >= 0.3 is 0 Å². The standard InChI is InChI=1S/C11H18N4O/c1-3-7(2)10-13-9-4-5-16-6-8(9)11(14-10)15-12/h7H,3-6,12H2,1-2H3,(H,13,14,15). The summed E-state index contributed by atoms with van der Waals surface area (Å²) < 4.78 is 5.39. The second kappa shape index (κ2) is 4.76. The van der Waals surface area contributed by atoms with Gasteiger partial charge in [0.25, 0.3) is 0 Å². The van der Waals surface area contributed by atoms with Crippen molar-refractivity contribution in [3.05, 3.63) is 17.1 Å². The Bertz CT molecular complexity index is 363. The Balaban J connectivity index is 2.43. The molecule has 1 aromatic rings. The molecule has 5 heteroatoms. The van der Waals surface area contributed by atoms with E-state index < -0.39 is 0 Å². The fourth-order valence-corrected chi connectivity index (χ4v) is 1.77. The van der Waals surface area contributed by atoms with Gasteiger partial charge in [0.05, 0.1) is 18.9 Å². The molecule has 1 aliphatic rings. The first-order chi connectivity index (χ1) is 7.76. The topological polar surface area (TPSA) is 73.1 Å². The van der Waals surface area contributed by atoms with E-state index >= 15 is 0 Å². The molecule has 1 aromatic heterocycles. The Morgan fingerprint density at radius 1 is 1.50 bits per heavy atom. The number of rotatable bonds is 3. The second-order valence-electron chi connectivity index (χ2n) is 4.11. The number of nitrogens with two attached hydrogens (primary N) is 1. The number of hydrogen-bond donors (Lipinski definition) is 2. The molecule has 0 amide bonds. The van der Waals surface area contributed by atoms with Crippen LogP contribution in [0, 0.1) is 0 Å². The van der Waals surface area contributed by atoms with Crippen molar-refractivity contribution in [1.29, 1.82) is 0 Å². The molecule has 0 fully saturated rings. The highest BCUT2D eigenvalue weighted by Gasteiger charge is 2.19. The van der Waals surface area contributed by atoms with Gasteiger partial charge in [0.2, 0.25) is 0 Å². The van der Waals surface area contributed by atoms with Crippen molar-refractivity contribution in [2.45, 2.75) is 39.2 Å². The maximum Gasteiger partial charge on any atom is 0.149 e. The van der Waals surface area contributed by atoms with E-state index in [0.717, 1.165) is 36.5 Å².